The van der Waals surface area contributed by atoms with Crippen molar-refractivity contribution in [3.63, 3.8) is 0 Å². The molecule has 2 heterocycles. The minimum Gasteiger partial charge on any atom is -0.497 e. The molecular weight excluding hydrogens is 419 g/mol. The Balaban J connectivity index is 2.18. The van der Waals surface area contributed by atoms with Crippen molar-refractivity contribution in [3.8, 4) is 5.75 Å². The van der Waals surface area contributed by atoms with Crippen molar-refractivity contribution in [2.75, 3.05) is 12.0 Å². The summed E-state index contributed by atoms with van der Waals surface area (Å²) in [7, 11) is 1.45. The number of aromatic nitrogens is 2. The van der Waals surface area contributed by atoms with Crippen molar-refractivity contribution in [3.05, 3.63) is 41.6 Å². The predicted molar refractivity (Wildman–Crippen MR) is 103 cm³/mol. The maximum Gasteiger partial charge on any atom is 0.416 e. The van der Waals surface area contributed by atoms with Gasteiger partial charge in [0.25, 0.3) is 0 Å². The number of carbonyl (C=O) groups excluding carboxylic acids is 1. The monoisotopic (exact) mass is 441 g/mol. The lowest BCUT2D eigenvalue weighted by molar-refractivity contribution is -0.174. The molecule has 1 amide bonds. The highest BCUT2D eigenvalue weighted by Crippen LogP contribution is 2.47. The number of amides is 1. The molecule has 1 aromatic carbocycles. The summed E-state index contributed by atoms with van der Waals surface area (Å²) in [6.45, 7) is 4.86. The fourth-order valence-corrected chi connectivity index (χ4v) is 3.39. The first-order valence-electron chi connectivity index (χ1n) is 9.37. The molecule has 0 bridgehead atoms. The van der Waals surface area contributed by atoms with Crippen molar-refractivity contribution in [2.45, 2.75) is 51.1 Å². The van der Waals surface area contributed by atoms with Crippen molar-refractivity contribution < 1.29 is 37.3 Å². The van der Waals surface area contributed by atoms with E-state index < -0.39 is 48.0 Å². The smallest absolute Gasteiger partial charge is 0.416 e. The number of rotatable bonds is 3. The van der Waals surface area contributed by atoms with Gasteiger partial charge in [0.05, 0.1) is 13.2 Å². The Morgan fingerprint density at radius 1 is 1.16 bits per heavy atom. The van der Waals surface area contributed by atoms with Crippen molar-refractivity contribution in [2.24, 2.45) is 0 Å². The number of halogens is 3. The number of fused-ring (bicyclic) bond motifs is 1. The first-order chi connectivity index (χ1) is 14.3. The highest BCUT2D eigenvalue weighted by Gasteiger charge is 2.51. The molecule has 2 aromatic rings. The molecule has 0 aliphatic carbocycles. The van der Waals surface area contributed by atoms with E-state index in [2.05, 4.69) is 5.10 Å². The molecule has 1 aromatic heterocycles. The number of carboxylic acids is 1. The van der Waals surface area contributed by atoms with Crippen molar-refractivity contribution in [1.82, 2.24) is 9.78 Å². The number of benzene rings is 1. The van der Waals surface area contributed by atoms with Crippen molar-refractivity contribution >= 4 is 17.9 Å². The van der Waals surface area contributed by atoms with Gasteiger partial charge in [-0.25, -0.2) is 14.3 Å². The zero-order valence-electron chi connectivity index (χ0n) is 17.3. The SMILES string of the molecule is COc1ccc(C2CC(C(F)(F)F)n3nc(C(=O)O)cc3N2C(=O)OC(C)(C)C)cc1. The Labute approximate surface area is 176 Å². The molecule has 0 spiro atoms. The molecule has 0 saturated heterocycles. The van der Waals surface area contributed by atoms with Crippen LogP contribution in [-0.4, -0.2) is 45.8 Å². The topological polar surface area (TPSA) is 93.9 Å². The number of alkyl halides is 3. The third-order valence-corrected chi connectivity index (χ3v) is 4.70. The van der Waals surface area contributed by atoms with Crippen LogP contribution in [0.1, 0.15) is 55.3 Å². The van der Waals surface area contributed by atoms with Crippen LogP contribution in [0.25, 0.3) is 0 Å². The fraction of sp³-hybridized carbons (Fsp3) is 0.450. The fourth-order valence-electron chi connectivity index (χ4n) is 3.39. The molecular formula is C20H22F3N3O5. The van der Waals surface area contributed by atoms with Gasteiger partial charge in [0.2, 0.25) is 0 Å². The molecule has 0 saturated carbocycles. The number of nitrogens with zero attached hydrogens (tertiary/aromatic N) is 3. The van der Waals surface area contributed by atoms with E-state index in [0.29, 0.717) is 16.0 Å². The molecule has 11 heteroatoms. The number of methoxy groups -OCH3 is 1. The lowest BCUT2D eigenvalue weighted by atomic mass is 9.95. The lowest BCUT2D eigenvalue weighted by Gasteiger charge is -2.40. The molecule has 2 atom stereocenters. The summed E-state index contributed by atoms with van der Waals surface area (Å²) in [6.07, 6.45) is -6.20. The standard InChI is InChI=1S/C20H22F3N3O5/c1-19(2,3)31-18(29)25-14(11-5-7-12(30-4)8-6-11)10-15(20(21,22)23)26-16(25)9-13(24-26)17(27)28/h5-9,14-15H,10H2,1-4H3,(H,27,28). The Bertz CT molecular complexity index is 979. The van der Waals surface area contributed by atoms with Gasteiger partial charge < -0.3 is 14.6 Å². The second-order valence-corrected chi connectivity index (χ2v) is 8.07. The Kier molecular flexibility index (Phi) is 5.64. The maximum absolute atomic E-state index is 13.9. The number of carboxylic acid groups (broad SMARTS) is 1. The Morgan fingerprint density at radius 3 is 2.26 bits per heavy atom. The zero-order chi connectivity index (χ0) is 23.1. The van der Waals surface area contributed by atoms with E-state index in [1.54, 1.807) is 45.0 Å². The van der Waals surface area contributed by atoms with E-state index in [1.807, 2.05) is 0 Å². The van der Waals surface area contributed by atoms with Crippen LogP contribution < -0.4 is 9.64 Å². The third kappa shape index (κ3) is 4.59. The summed E-state index contributed by atoms with van der Waals surface area (Å²) in [6, 6.07) is 4.00. The molecule has 3 rings (SSSR count). The van der Waals surface area contributed by atoms with Crippen LogP contribution in [0.2, 0.25) is 0 Å². The van der Waals surface area contributed by atoms with E-state index in [4.69, 9.17) is 9.47 Å². The summed E-state index contributed by atoms with van der Waals surface area (Å²) in [4.78, 5) is 25.4. The highest BCUT2D eigenvalue weighted by molar-refractivity contribution is 5.92. The maximum atomic E-state index is 13.9. The number of anilines is 1. The van der Waals surface area contributed by atoms with Gasteiger partial charge in [-0.2, -0.15) is 18.3 Å². The first-order valence-corrected chi connectivity index (χ1v) is 9.37. The largest absolute Gasteiger partial charge is 0.497 e. The van der Waals surface area contributed by atoms with Gasteiger partial charge in [-0.1, -0.05) is 12.1 Å². The van der Waals surface area contributed by atoms with Gasteiger partial charge in [0.15, 0.2) is 11.7 Å². The van der Waals surface area contributed by atoms with Gasteiger partial charge in [-0.05, 0) is 38.5 Å². The molecule has 2 unspecified atom stereocenters. The number of hydrogen-bond donors (Lipinski definition) is 1. The normalized spacial score (nSPS) is 19.0. The molecule has 8 nitrogen and oxygen atoms in total. The molecule has 0 radical (unpaired) electrons. The molecule has 31 heavy (non-hydrogen) atoms. The van der Waals surface area contributed by atoms with Crippen LogP contribution in [0.3, 0.4) is 0 Å². The number of aromatic carboxylic acids is 1. The van der Waals surface area contributed by atoms with Crippen molar-refractivity contribution in [1.29, 1.82) is 0 Å². The minimum atomic E-state index is -4.72. The Hall–Kier alpha value is -3.24. The number of carbonyl (C=O) groups is 2. The zero-order valence-corrected chi connectivity index (χ0v) is 17.3. The lowest BCUT2D eigenvalue weighted by Crippen LogP contribution is -2.46. The third-order valence-electron chi connectivity index (χ3n) is 4.70. The summed E-state index contributed by atoms with van der Waals surface area (Å²) in [5, 5.41) is 12.9. The van der Waals surface area contributed by atoms with Gasteiger partial charge >= 0.3 is 18.2 Å². The van der Waals surface area contributed by atoms with E-state index in [0.717, 1.165) is 11.0 Å². The molecule has 1 aliphatic heterocycles. The minimum absolute atomic E-state index is 0.305. The molecule has 1 aliphatic rings. The average Bonchev–Trinajstić information content (AvgIpc) is 3.09. The van der Waals surface area contributed by atoms with E-state index in [1.165, 1.54) is 7.11 Å². The van der Waals surface area contributed by atoms with Crippen LogP contribution >= 0.6 is 0 Å². The number of ether oxygens (including phenoxy) is 2. The van der Waals surface area contributed by atoms with Gasteiger partial charge in [0, 0.05) is 12.5 Å². The van der Waals surface area contributed by atoms with Crippen LogP contribution in [0, 0.1) is 0 Å². The van der Waals surface area contributed by atoms with Gasteiger partial charge in [0.1, 0.15) is 17.2 Å². The van der Waals surface area contributed by atoms with Gasteiger partial charge in [-0.15, -0.1) is 0 Å². The summed E-state index contributed by atoms with van der Waals surface area (Å²) < 4.78 is 52.7. The quantitative estimate of drug-likeness (QED) is 0.750. The van der Waals surface area contributed by atoms with Gasteiger partial charge in [-0.3, -0.25) is 4.90 Å². The second kappa shape index (κ2) is 7.78. The van der Waals surface area contributed by atoms with E-state index in [9.17, 15) is 27.9 Å². The van der Waals surface area contributed by atoms with Crippen LogP contribution in [-0.2, 0) is 4.74 Å². The summed E-state index contributed by atoms with van der Waals surface area (Å²) in [5.41, 5.74) is -1.12. The van der Waals surface area contributed by atoms with Crippen LogP contribution in [0.15, 0.2) is 30.3 Å². The highest BCUT2D eigenvalue weighted by atomic mass is 19.4. The predicted octanol–water partition coefficient (Wildman–Crippen LogP) is 4.58. The Morgan fingerprint density at radius 2 is 1.77 bits per heavy atom. The molecule has 1 N–H and O–H groups in total. The van der Waals surface area contributed by atoms with Crippen LogP contribution in [0.4, 0.5) is 23.8 Å². The van der Waals surface area contributed by atoms with E-state index in [-0.39, 0.29) is 5.82 Å². The van der Waals surface area contributed by atoms with E-state index >= 15 is 0 Å². The summed E-state index contributed by atoms with van der Waals surface area (Å²) in [5.74, 6) is -1.32. The summed E-state index contributed by atoms with van der Waals surface area (Å²) >= 11 is 0. The molecule has 0 fully saturated rings. The molecule has 168 valence electrons. The number of hydrogen-bond acceptors (Lipinski definition) is 5. The second-order valence-electron chi connectivity index (χ2n) is 8.07. The first kappa shape index (κ1) is 22.4. The van der Waals surface area contributed by atoms with Crippen LogP contribution in [0.5, 0.6) is 5.75 Å². The average molecular weight is 441 g/mol.